The van der Waals surface area contributed by atoms with Gasteiger partial charge in [-0.1, -0.05) is 72.8 Å². The summed E-state index contributed by atoms with van der Waals surface area (Å²) < 4.78 is 26.2. The van der Waals surface area contributed by atoms with Crippen LogP contribution in [-0.4, -0.2) is 68.3 Å². The SMILES string of the molecule is Nc1ncnc2c1ncn2C1CC(COC(=O)c2ccccc2)C(OC(=O)c2ccccc2)C(OC(=O)c2ccccc2)C1OC(=O)c1ccccc1. The van der Waals surface area contributed by atoms with Crippen LogP contribution < -0.4 is 5.73 Å². The molecule has 0 aliphatic heterocycles. The molecule has 5 unspecified atom stereocenters. The molecule has 4 aromatic carbocycles. The van der Waals surface area contributed by atoms with Crippen molar-refractivity contribution in [1.82, 2.24) is 19.5 Å². The predicted molar refractivity (Wildman–Crippen MR) is 191 cm³/mol. The number of fused-ring (bicyclic) bond motifs is 1. The number of imidazole rings is 1. The first-order chi connectivity index (χ1) is 25.9. The molecule has 0 radical (unpaired) electrons. The maximum atomic E-state index is 13.9. The topological polar surface area (TPSA) is 175 Å². The molecule has 53 heavy (non-hydrogen) atoms. The van der Waals surface area contributed by atoms with Gasteiger partial charge in [0.2, 0.25) is 0 Å². The number of nitrogens with two attached hydrogens (primary N) is 1. The lowest BCUT2D eigenvalue weighted by atomic mass is 9.79. The molecule has 2 heterocycles. The van der Waals surface area contributed by atoms with E-state index in [1.54, 1.807) is 126 Å². The van der Waals surface area contributed by atoms with Gasteiger partial charge in [-0.2, -0.15) is 0 Å². The second-order valence-electron chi connectivity index (χ2n) is 12.3. The first-order valence-electron chi connectivity index (χ1n) is 16.8. The fourth-order valence-corrected chi connectivity index (χ4v) is 6.38. The maximum Gasteiger partial charge on any atom is 0.338 e. The number of nitrogen functional groups attached to an aromatic ring is 1. The van der Waals surface area contributed by atoms with Gasteiger partial charge in [-0.3, -0.25) is 0 Å². The van der Waals surface area contributed by atoms with Gasteiger partial charge in [0.1, 0.15) is 17.9 Å². The molecule has 0 bridgehead atoms. The molecule has 2 N–H and O–H groups in total. The number of rotatable bonds is 10. The van der Waals surface area contributed by atoms with Gasteiger partial charge in [0.05, 0.1) is 41.2 Å². The van der Waals surface area contributed by atoms with Crippen molar-refractivity contribution >= 4 is 40.9 Å². The van der Waals surface area contributed by atoms with Crippen molar-refractivity contribution in [1.29, 1.82) is 0 Å². The Morgan fingerprint density at radius 2 is 1.04 bits per heavy atom. The molecule has 266 valence electrons. The van der Waals surface area contributed by atoms with E-state index in [0.29, 0.717) is 16.7 Å². The second kappa shape index (κ2) is 15.6. The van der Waals surface area contributed by atoms with Crippen molar-refractivity contribution in [2.45, 2.75) is 30.8 Å². The predicted octanol–water partition coefficient (Wildman–Crippen LogP) is 5.50. The summed E-state index contributed by atoms with van der Waals surface area (Å²) in [7, 11) is 0. The molecule has 1 fully saturated rings. The summed E-state index contributed by atoms with van der Waals surface area (Å²) in [5, 5.41) is 0. The monoisotopic (exact) mass is 711 g/mol. The third-order valence-corrected chi connectivity index (χ3v) is 8.98. The largest absolute Gasteiger partial charge is 0.462 e. The van der Waals surface area contributed by atoms with E-state index in [9.17, 15) is 19.2 Å². The molecule has 0 amide bonds. The number of hydrogen-bond donors (Lipinski definition) is 1. The second-order valence-corrected chi connectivity index (χ2v) is 12.3. The van der Waals surface area contributed by atoms with Gasteiger partial charge in [0.15, 0.2) is 23.7 Å². The molecule has 1 aliphatic rings. The van der Waals surface area contributed by atoms with E-state index in [2.05, 4.69) is 15.0 Å². The van der Waals surface area contributed by atoms with Gasteiger partial charge < -0.3 is 29.2 Å². The zero-order valence-corrected chi connectivity index (χ0v) is 28.1. The van der Waals surface area contributed by atoms with E-state index in [1.807, 2.05) is 0 Å². The van der Waals surface area contributed by atoms with E-state index in [4.69, 9.17) is 24.7 Å². The Balaban J connectivity index is 1.35. The zero-order chi connectivity index (χ0) is 36.7. The first kappa shape index (κ1) is 34.6. The van der Waals surface area contributed by atoms with Crippen LogP contribution in [0.5, 0.6) is 0 Å². The molecule has 6 aromatic rings. The highest BCUT2D eigenvalue weighted by atomic mass is 16.6. The van der Waals surface area contributed by atoms with Gasteiger partial charge in [-0.25, -0.2) is 34.1 Å². The Hall–Kier alpha value is -6.89. The minimum atomic E-state index is -1.43. The summed E-state index contributed by atoms with van der Waals surface area (Å²) in [6, 6.07) is 32.4. The Morgan fingerprint density at radius 1 is 0.585 bits per heavy atom. The van der Waals surface area contributed by atoms with Crippen LogP contribution in [0, 0.1) is 5.92 Å². The van der Waals surface area contributed by atoms with Crippen molar-refractivity contribution in [2.75, 3.05) is 12.3 Å². The summed E-state index contributed by atoms with van der Waals surface area (Å²) in [5.41, 5.74) is 7.74. The molecule has 13 heteroatoms. The van der Waals surface area contributed by atoms with Gasteiger partial charge in [0, 0.05) is 5.92 Å². The van der Waals surface area contributed by atoms with E-state index in [1.165, 1.54) is 12.7 Å². The smallest absolute Gasteiger partial charge is 0.338 e. The van der Waals surface area contributed by atoms with Gasteiger partial charge in [0.25, 0.3) is 0 Å². The first-order valence-corrected chi connectivity index (χ1v) is 16.8. The van der Waals surface area contributed by atoms with Gasteiger partial charge in [-0.15, -0.1) is 0 Å². The number of hydrogen-bond acceptors (Lipinski definition) is 12. The Bertz CT molecular complexity index is 2220. The number of aromatic nitrogens is 4. The molecule has 5 atom stereocenters. The van der Waals surface area contributed by atoms with Crippen molar-refractivity contribution in [3.63, 3.8) is 0 Å². The fourth-order valence-electron chi connectivity index (χ4n) is 6.38. The van der Waals surface area contributed by atoms with E-state index >= 15 is 0 Å². The Kier molecular flexibility index (Phi) is 10.1. The fraction of sp³-hybridized carbons (Fsp3) is 0.175. The maximum absolute atomic E-state index is 13.9. The number of nitrogens with zero attached hydrogens (tertiary/aromatic N) is 4. The highest BCUT2D eigenvalue weighted by Crippen LogP contribution is 2.41. The number of ether oxygens (including phenoxy) is 4. The third-order valence-electron chi connectivity index (χ3n) is 8.98. The highest BCUT2D eigenvalue weighted by molar-refractivity contribution is 5.92. The van der Waals surface area contributed by atoms with Crippen LogP contribution in [0.15, 0.2) is 134 Å². The Labute approximate surface area is 303 Å². The summed E-state index contributed by atoms with van der Waals surface area (Å²) >= 11 is 0. The molecule has 1 aliphatic carbocycles. The average Bonchev–Trinajstić information content (AvgIpc) is 3.65. The van der Waals surface area contributed by atoms with E-state index < -0.39 is 54.1 Å². The molecule has 2 aromatic heterocycles. The molecular formula is C40H33N5O8. The van der Waals surface area contributed by atoms with Crippen LogP contribution in [0.1, 0.15) is 53.9 Å². The molecular weight excluding hydrogens is 678 g/mol. The molecule has 0 saturated heterocycles. The van der Waals surface area contributed by atoms with E-state index in [0.717, 1.165) is 0 Å². The lowest BCUT2D eigenvalue weighted by Crippen LogP contribution is -2.57. The summed E-state index contributed by atoms with van der Waals surface area (Å²) in [4.78, 5) is 67.6. The molecule has 7 rings (SSSR count). The van der Waals surface area contributed by atoms with Crippen LogP contribution >= 0.6 is 0 Å². The van der Waals surface area contributed by atoms with E-state index in [-0.39, 0.29) is 35.5 Å². The highest BCUT2D eigenvalue weighted by Gasteiger charge is 2.53. The summed E-state index contributed by atoms with van der Waals surface area (Å²) in [5.74, 6) is -3.51. The number of carbonyl (C=O) groups excluding carboxylic acids is 4. The third kappa shape index (κ3) is 7.59. The van der Waals surface area contributed by atoms with Gasteiger partial charge in [-0.05, 0) is 55.0 Å². The van der Waals surface area contributed by atoms with Gasteiger partial charge >= 0.3 is 23.9 Å². The standard InChI is InChI=1S/C40H33N5O8/c41-35-31-36(43-23-42-35)45(24-44-31)30-21-29(22-50-37(46)25-13-5-1-6-14-25)32(51-38(47)26-15-7-2-8-16-26)34(53-40(49)28-19-11-4-12-20-28)33(30)52-39(48)27-17-9-3-10-18-27/h1-20,23-24,29-30,32-34H,21-22H2,(H2,41,42,43). The van der Waals surface area contributed by atoms with Crippen LogP contribution in [0.3, 0.4) is 0 Å². The number of carbonyl (C=O) groups is 4. The van der Waals surface area contributed by atoms with Crippen LogP contribution in [0.25, 0.3) is 11.2 Å². The minimum absolute atomic E-state index is 0.0797. The van der Waals surface area contributed by atoms with Crippen LogP contribution in [-0.2, 0) is 18.9 Å². The number of esters is 4. The normalized spacial score (nSPS) is 19.5. The van der Waals surface area contributed by atoms with Crippen molar-refractivity contribution in [3.05, 3.63) is 156 Å². The number of anilines is 1. The van der Waals surface area contributed by atoms with Crippen LogP contribution in [0.4, 0.5) is 5.82 Å². The lowest BCUT2D eigenvalue weighted by molar-refractivity contribution is -0.147. The van der Waals surface area contributed by atoms with Crippen molar-refractivity contribution < 1.29 is 38.1 Å². The van der Waals surface area contributed by atoms with Crippen molar-refractivity contribution in [3.8, 4) is 0 Å². The van der Waals surface area contributed by atoms with Crippen molar-refractivity contribution in [2.24, 2.45) is 5.92 Å². The molecule has 0 spiro atoms. The molecule has 13 nitrogen and oxygen atoms in total. The summed E-state index contributed by atoms with van der Waals surface area (Å²) in [6.07, 6.45) is -1.17. The Morgan fingerprint density at radius 3 is 1.55 bits per heavy atom. The average molecular weight is 712 g/mol. The zero-order valence-electron chi connectivity index (χ0n) is 28.1. The minimum Gasteiger partial charge on any atom is -0.462 e. The summed E-state index contributed by atoms with van der Waals surface area (Å²) in [6.45, 7) is -0.264. The number of benzene rings is 4. The van der Waals surface area contributed by atoms with Crippen LogP contribution in [0.2, 0.25) is 0 Å². The lowest BCUT2D eigenvalue weighted by Gasteiger charge is -2.45. The molecule has 1 saturated carbocycles. The quantitative estimate of drug-likeness (QED) is 0.140.